The molecule has 0 spiro atoms. The smallest absolute Gasteiger partial charge is 0.341 e. The third kappa shape index (κ3) is 3.61. The molecule has 0 saturated carbocycles. The highest BCUT2D eigenvalue weighted by Gasteiger charge is 2.21. The standard InChI is InChI=1S/C12H15N3O5/c1-19-10-5-7(3-4-8(10)12(18)20-2)11(17)9(16)6-14-15-13/h3-5,9,11,16-17H,6H2,1-2H3. The zero-order chi connectivity index (χ0) is 15.1. The molecule has 8 heteroatoms. The number of azide groups is 1. The van der Waals surface area contributed by atoms with Crippen molar-refractivity contribution in [1.82, 2.24) is 0 Å². The van der Waals surface area contributed by atoms with Crippen molar-refractivity contribution >= 4 is 5.97 Å². The first-order valence-electron chi connectivity index (χ1n) is 5.68. The van der Waals surface area contributed by atoms with Gasteiger partial charge in [-0.3, -0.25) is 0 Å². The molecule has 0 aliphatic heterocycles. The van der Waals surface area contributed by atoms with Gasteiger partial charge in [0.1, 0.15) is 17.4 Å². The summed E-state index contributed by atoms with van der Waals surface area (Å²) in [6.07, 6.45) is -2.51. The van der Waals surface area contributed by atoms with Gasteiger partial charge in [-0.2, -0.15) is 0 Å². The average Bonchev–Trinajstić information content (AvgIpc) is 2.50. The lowest BCUT2D eigenvalue weighted by Gasteiger charge is -2.17. The molecule has 2 N–H and O–H groups in total. The molecule has 1 aromatic carbocycles. The maximum atomic E-state index is 11.5. The normalized spacial score (nSPS) is 13.0. The maximum Gasteiger partial charge on any atom is 0.341 e. The lowest BCUT2D eigenvalue weighted by Crippen LogP contribution is -2.21. The highest BCUT2D eigenvalue weighted by Crippen LogP contribution is 2.26. The Morgan fingerprint density at radius 1 is 1.45 bits per heavy atom. The van der Waals surface area contributed by atoms with Crippen molar-refractivity contribution in [2.75, 3.05) is 20.8 Å². The number of benzene rings is 1. The van der Waals surface area contributed by atoms with E-state index in [4.69, 9.17) is 10.3 Å². The van der Waals surface area contributed by atoms with E-state index in [1.54, 1.807) is 0 Å². The number of carbonyl (C=O) groups excluding carboxylic acids is 1. The summed E-state index contributed by atoms with van der Waals surface area (Å²) < 4.78 is 9.64. The van der Waals surface area contributed by atoms with Gasteiger partial charge in [0.05, 0.1) is 26.9 Å². The summed E-state index contributed by atoms with van der Waals surface area (Å²) in [5, 5.41) is 22.7. The van der Waals surface area contributed by atoms with Crippen LogP contribution in [0.15, 0.2) is 23.3 Å². The Hall–Kier alpha value is -2.28. The second-order valence-corrected chi connectivity index (χ2v) is 3.88. The first kappa shape index (κ1) is 15.8. The van der Waals surface area contributed by atoms with Crippen molar-refractivity contribution in [3.05, 3.63) is 39.8 Å². The molecule has 0 heterocycles. The van der Waals surface area contributed by atoms with Crippen LogP contribution in [-0.2, 0) is 4.74 Å². The van der Waals surface area contributed by atoms with Gasteiger partial charge in [0.25, 0.3) is 0 Å². The zero-order valence-corrected chi connectivity index (χ0v) is 11.1. The van der Waals surface area contributed by atoms with Crippen molar-refractivity contribution < 1.29 is 24.5 Å². The number of hydrogen-bond acceptors (Lipinski definition) is 6. The largest absolute Gasteiger partial charge is 0.496 e. The average molecular weight is 281 g/mol. The summed E-state index contributed by atoms with van der Waals surface area (Å²) in [4.78, 5) is 14.0. The van der Waals surface area contributed by atoms with Crippen molar-refractivity contribution in [2.45, 2.75) is 12.2 Å². The van der Waals surface area contributed by atoms with Crippen LogP contribution in [0, 0.1) is 0 Å². The van der Waals surface area contributed by atoms with E-state index in [1.807, 2.05) is 0 Å². The molecule has 2 atom stereocenters. The van der Waals surface area contributed by atoms with E-state index in [-0.39, 0.29) is 17.9 Å². The summed E-state index contributed by atoms with van der Waals surface area (Å²) in [6.45, 7) is -0.265. The number of ether oxygens (including phenoxy) is 2. The van der Waals surface area contributed by atoms with E-state index in [1.165, 1.54) is 32.4 Å². The van der Waals surface area contributed by atoms with Crippen LogP contribution in [0.2, 0.25) is 0 Å². The summed E-state index contributed by atoms with van der Waals surface area (Å²) >= 11 is 0. The highest BCUT2D eigenvalue weighted by atomic mass is 16.5. The maximum absolute atomic E-state index is 11.5. The van der Waals surface area contributed by atoms with Crippen molar-refractivity contribution in [3.63, 3.8) is 0 Å². The molecule has 0 amide bonds. The van der Waals surface area contributed by atoms with Crippen LogP contribution in [0.5, 0.6) is 5.75 Å². The Morgan fingerprint density at radius 2 is 2.15 bits per heavy atom. The van der Waals surface area contributed by atoms with Gasteiger partial charge in [0.2, 0.25) is 0 Å². The van der Waals surface area contributed by atoms with Crippen molar-refractivity contribution in [3.8, 4) is 5.75 Å². The third-order valence-electron chi connectivity index (χ3n) is 2.67. The lowest BCUT2D eigenvalue weighted by atomic mass is 10.0. The third-order valence-corrected chi connectivity index (χ3v) is 2.67. The molecule has 0 saturated heterocycles. The zero-order valence-electron chi connectivity index (χ0n) is 11.1. The SMILES string of the molecule is COC(=O)c1ccc(C(O)C(O)CN=[N+]=[N-])cc1OC. The Balaban J connectivity index is 3.02. The molecule has 0 bridgehead atoms. The van der Waals surface area contributed by atoms with Crippen molar-refractivity contribution in [2.24, 2.45) is 5.11 Å². The molecule has 8 nitrogen and oxygen atoms in total. The van der Waals surface area contributed by atoms with Gasteiger partial charge in [-0.15, -0.1) is 0 Å². The molecular formula is C12H15N3O5. The van der Waals surface area contributed by atoms with Gasteiger partial charge in [-0.1, -0.05) is 11.2 Å². The van der Waals surface area contributed by atoms with Crippen LogP contribution in [0.4, 0.5) is 0 Å². The first-order valence-corrected chi connectivity index (χ1v) is 5.68. The summed E-state index contributed by atoms with van der Waals surface area (Å²) in [5.74, 6) is -0.359. The number of carbonyl (C=O) groups is 1. The van der Waals surface area contributed by atoms with E-state index in [0.29, 0.717) is 5.56 Å². The second kappa shape index (κ2) is 7.34. The Bertz CT molecular complexity index is 528. The number of aliphatic hydroxyl groups is 2. The van der Waals surface area contributed by atoms with Gasteiger partial charge in [-0.05, 0) is 23.2 Å². The molecule has 20 heavy (non-hydrogen) atoms. The summed E-state index contributed by atoms with van der Waals surface area (Å²) in [6, 6.07) is 4.29. The second-order valence-electron chi connectivity index (χ2n) is 3.88. The number of esters is 1. The Kier molecular flexibility index (Phi) is 5.79. The number of methoxy groups -OCH3 is 2. The van der Waals surface area contributed by atoms with E-state index < -0.39 is 18.2 Å². The minimum Gasteiger partial charge on any atom is -0.496 e. The number of hydrogen-bond donors (Lipinski definition) is 2. The lowest BCUT2D eigenvalue weighted by molar-refractivity contribution is 0.0242. The van der Waals surface area contributed by atoms with Gasteiger partial charge < -0.3 is 19.7 Å². The fourth-order valence-electron chi connectivity index (χ4n) is 1.61. The molecule has 1 aromatic rings. The topological polar surface area (TPSA) is 125 Å². The molecule has 0 radical (unpaired) electrons. The van der Waals surface area contributed by atoms with Gasteiger partial charge in [0, 0.05) is 4.91 Å². The van der Waals surface area contributed by atoms with E-state index in [9.17, 15) is 15.0 Å². The molecule has 2 unspecified atom stereocenters. The van der Waals surface area contributed by atoms with Crippen LogP contribution in [0.1, 0.15) is 22.0 Å². The fourth-order valence-corrected chi connectivity index (χ4v) is 1.61. The van der Waals surface area contributed by atoms with Crippen LogP contribution in [-0.4, -0.2) is 43.1 Å². The quantitative estimate of drug-likeness (QED) is 0.350. The molecule has 0 aliphatic carbocycles. The number of rotatable bonds is 6. The number of aliphatic hydroxyl groups excluding tert-OH is 2. The fraction of sp³-hybridized carbons (Fsp3) is 0.417. The van der Waals surface area contributed by atoms with E-state index in [0.717, 1.165) is 0 Å². The molecule has 108 valence electrons. The van der Waals surface area contributed by atoms with Gasteiger partial charge >= 0.3 is 5.97 Å². The van der Waals surface area contributed by atoms with Crippen LogP contribution < -0.4 is 4.74 Å². The minimum absolute atomic E-state index is 0.204. The molecule has 0 aromatic heterocycles. The predicted octanol–water partition coefficient (Wildman–Crippen LogP) is 1.19. The Labute approximate surface area is 115 Å². The van der Waals surface area contributed by atoms with Crippen LogP contribution >= 0.6 is 0 Å². The highest BCUT2D eigenvalue weighted by molar-refractivity contribution is 5.92. The predicted molar refractivity (Wildman–Crippen MR) is 69.3 cm³/mol. The van der Waals surface area contributed by atoms with E-state index in [2.05, 4.69) is 14.8 Å². The van der Waals surface area contributed by atoms with Gasteiger partial charge in [-0.25, -0.2) is 4.79 Å². The minimum atomic E-state index is -1.26. The molecule has 1 rings (SSSR count). The van der Waals surface area contributed by atoms with Crippen LogP contribution in [0.25, 0.3) is 10.4 Å². The van der Waals surface area contributed by atoms with E-state index >= 15 is 0 Å². The molecule has 0 fully saturated rings. The van der Waals surface area contributed by atoms with Crippen molar-refractivity contribution in [1.29, 1.82) is 0 Å². The van der Waals surface area contributed by atoms with Crippen LogP contribution in [0.3, 0.4) is 0 Å². The number of nitrogens with zero attached hydrogens (tertiary/aromatic N) is 3. The molecule has 0 aliphatic rings. The molecular weight excluding hydrogens is 266 g/mol. The monoisotopic (exact) mass is 281 g/mol. The van der Waals surface area contributed by atoms with Gasteiger partial charge in [0.15, 0.2) is 0 Å². The summed E-state index contributed by atoms with van der Waals surface area (Å²) in [5.41, 5.74) is 8.70. The Morgan fingerprint density at radius 3 is 2.70 bits per heavy atom. The summed E-state index contributed by atoms with van der Waals surface area (Å²) in [7, 11) is 2.61. The first-order chi connectivity index (χ1) is 9.54.